The Morgan fingerprint density at radius 1 is 1.31 bits per heavy atom. The van der Waals surface area contributed by atoms with Crippen LogP contribution in [-0.2, 0) is 0 Å². The molecular formula is C13H29N3. The zero-order chi connectivity index (χ0) is 12.1. The minimum absolute atomic E-state index is 0.708. The highest BCUT2D eigenvalue weighted by atomic mass is 15.2. The molecule has 1 rings (SSSR count). The van der Waals surface area contributed by atoms with E-state index in [1.165, 1.54) is 32.5 Å². The van der Waals surface area contributed by atoms with Gasteiger partial charge in [0.15, 0.2) is 0 Å². The highest BCUT2D eigenvalue weighted by Gasteiger charge is 2.30. The molecule has 1 saturated heterocycles. The Hall–Kier alpha value is -0.120. The summed E-state index contributed by atoms with van der Waals surface area (Å²) in [6.07, 6.45) is 2.58. The zero-order valence-electron chi connectivity index (χ0n) is 11.7. The average molecular weight is 227 g/mol. The van der Waals surface area contributed by atoms with E-state index in [1.54, 1.807) is 0 Å². The number of piperidine rings is 1. The molecule has 0 radical (unpaired) electrons. The summed E-state index contributed by atoms with van der Waals surface area (Å²) < 4.78 is 0. The van der Waals surface area contributed by atoms with Gasteiger partial charge in [0, 0.05) is 12.1 Å². The van der Waals surface area contributed by atoms with E-state index in [9.17, 15) is 0 Å². The number of nitrogens with one attached hydrogen (secondary N) is 1. The molecule has 0 amide bonds. The molecule has 1 fully saturated rings. The van der Waals surface area contributed by atoms with Crippen molar-refractivity contribution < 1.29 is 0 Å². The molecule has 0 aromatic rings. The van der Waals surface area contributed by atoms with Crippen molar-refractivity contribution >= 4 is 0 Å². The summed E-state index contributed by atoms with van der Waals surface area (Å²) in [5.41, 5.74) is 0. The standard InChI is InChI=1S/C13H29N3/c1-11-12(2)16(9-6-8-15(4)5)10-7-13(11)14-3/h11-14H,6-10H2,1-5H3. The van der Waals surface area contributed by atoms with E-state index in [4.69, 9.17) is 0 Å². The minimum Gasteiger partial charge on any atom is -0.317 e. The van der Waals surface area contributed by atoms with E-state index in [2.05, 4.69) is 50.1 Å². The molecule has 0 bridgehead atoms. The average Bonchev–Trinajstić information content (AvgIpc) is 2.24. The van der Waals surface area contributed by atoms with Gasteiger partial charge in [0.2, 0.25) is 0 Å². The predicted molar refractivity (Wildman–Crippen MR) is 70.8 cm³/mol. The van der Waals surface area contributed by atoms with Crippen molar-refractivity contribution in [2.24, 2.45) is 5.92 Å². The minimum atomic E-state index is 0.708. The Morgan fingerprint density at radius 2 is 2.00 bits per heavy atom. The zero-order valence-corrected chi connectivity index (χ0v) is 11.7. The van der Waals surface area contributed by atoms with Gasteiger partial charge in [-0.1, -0.05) is 6.92 Å². The molecule has 0 aliphatic carbocycles. The molecule has 96 valence electrons. The van der Waals surface area contributed by atoms with Crippen LogP contribution in [0.1, 0.15) is 26.7 Å². The number of nitrogens with zero attached hydrogens (tertiary/aromatic N) is 2. The van der Waals surface area contributed by atoms with Crippen LogP contribution in [-0.4, -0.2) is 62.7 Å². The first-order valence-electron chi connectivity index (χ1n) is 6.62. The van der Waals surface area contributed by atoms with E-state index in [-0.39, 0.29) is 0 Å². The third-order valence-electron chi connectivity index (χ3n) is 4.12. The molecule has 3 heteroatoms. The van der Waals surface area contributed by atoms with Crippen molar-refractivity contribution in [2.45, 2.75) is 38.8 Å². The topological polar surface area (TPSA) is 18.5 Å². The number of likely N-dealkylation sites (tertiary alicyclic amines) is 1. The van der Waals surface area contributed by atoms with Crippen molar-refractivity contribution in [3.63, 3.8) is 0 Å². The van der Waals surface area contributed by atoms with Gasteiger partial charge in [0.25, 0.3) is 0 Å². The van der Waals surface area contributed by atoms with Crippen molar-refractivity contribution in [1.82, 2.24) is 15.1 Å². The Bertz CT molecular complexity index is 194. The van der Waals surface area contributed by atoms with Gasteiger partial charge in [-0.2, -0.15) is 0 Å². The second kappa shape index (κ2) is 6.58. The van der Waals surface area contributed by atoms with Gasteiger partial charge in [0.05, 0.1) is 0 Å². The number of rotatable bonds is 5. The van der Waals surface area contributed by atoms with Gasteiger partial charge in [-0.05, 0) is 66.5 Å². The first kappa shape index (κ1) is 13.9. The molecule has 0 saturated carbocycles. The smallest absolute Gasteiger partial charge is 0.0117 e. The normalized spacial score (nSPS) is 32.2. The second-order valence-electron chi connectivity index (χ2n) is 5.48. The van der Waals surface area contributed by atoms with E-state index in [0.29, 0.717) is 12.1 Å². The lowest BCUT2D eigenvalue weighted by Gasteiger charge is -2.42. The largest absolute Gasteiger partial charge is 0.317 e. The van der Waals surface area contributed by atoms with E-state index < -0.39 is 0 Å². The Labute approximate surface area is 101 Å². The van der Waals surface area contributed by atoms with Crippen LogP contribution < -0.4 is 5.32 Å². The molecule has 1 aliphatic heterocycles. The maximum atomic E-state index is 3.44. The third-order valence-corrected chi connectivity index (χ3v) is 4.12. The lowest BCUT2D eigenvalue weighted by molar-refractivity contribution is 0.0847. The quantitative estimate of drug-likeness (QED) is 0.763. The Morgan fingerprint density at radius 3 is 2.56 bits per heavy atom. The van der Waals surface area contributed by atoms with Crippen molar-refractivity contribution in [1.29, 1.82) is 0 Å². The SMILES string of the molecule is CNC1CCN(CCCN(C)C)C(C)C1C. The summed E-state index contributed by atoms with van der Waals surface area (Å²) in [6, 6.07) is 1.42. The maximum Gasteiger partial charge on any atom is 0.0117 e. The van der Waals surface area contributed by atoms with E-state index in [1.807, 2.05) is 0 Å². The molecular weight excluding hydrogens is 198 g/mol. The molecule has 1 aliphatic rings. The molecule has 3 unspecified atom stereocenters. The van der Waals surface area contributed by atoms with E-state index in [0.717, 1.165) is 5.92 Å². The fourth-order valence-corrected chi connectivity index (χ4v) is 2.75. The third kappa shape index (κ3) is 3.72. The first-order chi connectivity index (χ1) is 7.56. The summed E-state index contributed by atoms with van der Waals surface area (Å²) in [7, 11) is 6.40. The van der Waals surface area contributed by atoms with Crippen LogP contribution in [0.2, 0.25) is 0 Å². The van der Waals surface area contributed by atoms with Crippen LogP contribution in [0.15, 0.2) is 0 Å². The monoisotopic (exact) mass is 227 g/mol. The highest BCUT2D eigenvalue weighted by Crippen LogP contribution is 2.23. The van der Waals surface area contributed by atoms with Crippen LogP contribution >= 0.6 is 0 Å². The summed E-state index contributed by atoms with van der Waals surface area (Å²) in [5.74, 6) is 0.762. The number of hydrogen-bond donors (Lipinski definition) is 1. The fraction of sp³-hybridized carbons (Fsp3) is 1.00. The highest BCUT2D eigenvalue weighted by molar-refractivity contribution is 4.87. The van der Waals surface area contributed by atoms with Crippen LogP contribution in [0, 0.1) is 5.92 Å². The van der Waals surface area contributed by atoms with Crippen molar-refractivity contribution in [2.75, 3.05) is 40.8 Å². The van der Waals surface area contributed by atoms with Gasteiger partial charge in [-0.25, -0.2) is 0 Å². The second-order valence-corrected chi connectivity index (χ2v) is 5.48. The number of hydrogen-bond acceptors (Lipinski definition) is 3. The molecule has 3 atom stereocenters. The lowest BCUT2D eigenvalue weighted by atomic mass is 9.87. The predicted octanol–water partition coefficient (Wildman–Crippen LogP) is 1.26. The lowest BCUT2D eigenvalue weighted by Crippen LogP contribution is -2.52. The molecule has 16 heavy (non-hydrogen) atoms. The Kier molecular flexibility index (Phi) is 5.73. The van der Waals surface area contributed by atoms with Crippen LogP contribution in [0.25, 0.3) is 0 Å². The molecule has 1 N–H and O–H groups in total. The fourth-order valence-electron chi connectivity index (χ4n) is 2.75. The van der Waals surface area contributed by atoms with Gasteiger partial charge in [0.1, 0.15) is 0 Å². The van der Waals surface area contributed by atoms with Crippen LogP contribution in [0.5, 0.6) is 0 Å². The summed E-state index contributed by atoms with van der Waals surface area (Å²) in [4.78, 5) is 4.93. The summed E-state index contributed by atoms with van der Waals surface area (Å²) in [6.45, 7) is 8.46. The van der Waals surface area contributed by atoms with Gasteiger partial charge < -0.3 is 15.1 Å². The van der Waals surface area contributed by atoms with E-state index >= 15 is 0 Å². The van der Waals surface area contributed by atoms with Crippen molar-refractivity contribution in [3.05, 3.63) is 0 Å². The van der Waals surface area contributed by atoms with Gasteiger partial charge in [-0.15, -0.1) is 0 Å². The maximum absolute atomic E-state index is 3.44. The molecule has 3 nitrogen and oxygen atoms in total. The van der Waals surface area contributed by atoms with Crippen LogP contribution in [0.4, 0.5) is 0 Å². The summed E-state index contributed by atoms with van der Waals surface area (Å²) >= 11 is 0. The van der Waals surface area contributed by atoms with Crippen LogP contribution in [0.3, 0.4) is 0 Å². The first-order valence-corrected chi connectivity index (χ1v) is 6.62. The summed E-state index contributed by atoms with van der Waals surface area (Å²) in [5, 5.41) is 3.44. The molecule has 0 aromatic heterocycles. The molecule has 0 spiro atoms. The van der Waals surface area contributed by atoms with Crippen molar-refractivity contribution in [3.8, 4) is 0 Å². The Balaban J connectivity index is 2.33. The van der Waals surface area contributed by atoms with Gasteiger partial charge in [-0.3, -0.25) is 0 Å². The van der Waals surface area contributed by atoms with Gasteiger partial charge >= 0.3 is 0 Å². The molecule has 0 aromatic carbocycles. The molecule has 1 heterocycles.